The summed E-state index contributed by atoms with van der Waals surface area (Å²) in [5.41, 5.74) is 2.65. The first-order valence-electron chi connectivity index (χ1n) is 11.7. The van der Waals surface area contributed by atoms with Crippen LogP contribution in [0.15, 0.2) is 37.2 Å². The lowest BCUT2D eigenvalue weighted by Gasteiger charge is -2.36. The fourth-order valence-corrected chi connectivity index (χ4v) is 4.20. The smallest absolute Gasteiger partial charge is 0.341 e. The zero-order chi connectivity index (χ0) is 27.4. The molecule has 0 aliphatic carbocycles. The standard InChI is InChI=1S/C15H23N3O3Si.C9H9N3O3/c1-15(2,3)22(4,5)21-7-6-11-8-16-13-12(14(19)20)9-17-18(13)10-11;13-2-1-6-3-10-8-7(9(14)15)4-11-12(8)5-6/h8-10H,6-7H2,1-5H3,(H,19,20);3-5,13H,1-2H2,(H,14,15). The van der Waals surface area contributed by atoms with E-state index in [1.807, 2.05) is 6.20 Å². The molecule has 4 aromatic rings. The van der Waals surface area contributed by atoms with Gasteiger partial charge in [-0.3, -0.25) is 0 Å². The van der Waals surface area contributed by atoms with Gasteiger partial charge in [0.25, 0.3) is 0 Å². The van der Waals surface area contributed by atoms with Crippen molar-refractivity contribution in [3.63, 3.8) is 0 Å². The second kappa shape index (κ2) is 11.1. The summed E-state index contributed by atoms with van der Waals surface area (Å²) < 4.78 is 9.04. The van der Waals surface area contributed by atoms with Gasteiger partial charge in [-0.15, -0.1) is 0 Å². The number of aromatic nitrogens is 6. The summed E-state index contributed by atoms with van der Waals surface area (Å²) in [6.07, 6.45) is 10.5. The maximum atomic E-state index is 11.0. The molecule has 0 unspecified atom stereocenters. The molecule has 0 saturated heterocycles. The molecule has 0 atom stereocenters. The molecule has 0 aromatic carbocycles. The van der Waals surface area contributed by atoms with E-state index in [9.17, 15) is 9.59 Å². The minimum absolute atomic E-state index is 0.0280. The largest absolute Gasteiger partial charge is 0.477 e. The predicted molar refractivity (Wildman–Crippen MR) is 138 cm³/mol. The number of aliphatic hydroxyl groups is 1. The van der Waals surface area contributed by atoms with E-state index < -0.39 is 20.3 Å². The Hall–Kier alpha value is -3.68. The molecule has 12 nitrogen and oxygen atoms in total. The van der Waals surface area contributed by atoms with E-state index in [0.717, 1.165) is 17.5 Å². The molecule has 3 N–H and O–H groups in total. The van der Waals surface area contributed by atoms with E-state index >= 15 is 0 Å². The number of hydrogen-bond donors (Lipinski definition) is 3. The van der Waals surface area contributed by atoms with Crippen molar-refractivity contribution >= 4 is 31.6 Å². The molecule has 0 saturated carbocycles. The molecule has 4 heterocycles. The molecule has 0 radical (unpaired) electrons. The lowest BCUT2D eigenvalue weighted by Crippen LogP contribution is -2.41. The van der Waals surface area contributed by atoms with Gasteiger partial charge in [0.1, 0.15) is 11.1 Å². The summed E-state index contributed by atoms with van der Waals surface area (Å²) in [6, 6.07) is 0. The van der Waals surface area contributed by atoms with Gasteiger partial charge in [0.05, 0.1) is 12.4 Å². The van der Waals surface area contributed by atoms with Gasteiger partial charge in [0.15, 0.2) is 19.6 Å². The van der Waals surface area contributed by atoms with Crippen molar-refractivity contribution in [2.75, 3.05) is 13.2 Å². The highest BCUT2D eigenvalue weighted by atomic mass is 28.4. The number of carbonyl (C=O) groups is 2. The number of aromatic carboxylic acids is 2. The van der Waals surface area contributed by atoms with E-state index in [1.54, 1.807) is 18.6 Å². The van der Waals surface area contributed by atoms with Gasteiger partial charge in [0.2, 0.25) is 0 Å². The number of rotatable bonds is 8. The Morgan fingerprint density at radius 2 is 1.32 bits per heavy atom. The molecule has 198 valence electrons. The lowest BCUT2D eigenvalue weighted by molar-refractivity contribution is 0.0687. The predicted octanol–water partition coefficient (Wildman–Crippen LogP) is 2.95. The van der Waals surface area contributed by atoms with Crippen molar-refractivity contribution in [2.24, 2.45) is 0 Å². The van der Waals surface area contributed by atoms with Crippen molar-refractivity contribution in [2.45, 2.75) is 51.7 Å². The van der Waals surface area contributed by atoms with Crippen molar-refractivity contribution < 1.29 is 29.3 Å². The molecular weight excluding hydrogens is 496 g/mol. The Balaban J connectivity index is 0.000000220. The Labute approximate surface area is 214 Å². The monoisotopic (exact) mass is 528 g/mol. The molecule has 0 fully saturated rings. The molecule has 37 heavy (non-hydrogen) atoms. The normalized spacial score (nSPS) is 11.9. The van der Waals surface area contributed by atoms with Crippen LogP contribution in [-0.2, 0) is 17.3 Å². The second-order valence-electron chi connectivity index (χ2n) is 10.0. The molecule has 4 rings (SSSR count). The van der Waals surface area contributed by atoms with E-state index in [-0.39, 0.29) is 22.8 Å². The average molecular weight is 529 g/mol. The number of hydrogen-bond acceptors (Lipinski definition) is 8. The van der Waals surface area contributed by atoms with Crippen LogP contribution in [0.4, 0.5) is 0 Å². The van der Waals surface area contributed by atoms with E-state index in [4.69, 9.17) is 19.7 Å². The summed E-state index contributed by atoms with van der Waals surface area (Å²) >= 11 is 0. The average Bonchev–Trinajstić information content (AvgIpc) is 3.42. The van der Waals surface area contributed by atoms with Crippen LogP contribution in [0.5, 0.6) is 0 Å². The maximum absolute atomic E-state index is 11.0. The highest BCUT2D eigenvalue weighted by molar-refractivity contribution is 6.74. The zero-order valence-corrected chi connectivity index (χ0v) is 22.5. The van der Waals surface area contributed by atoms with Crippen LogP contribution in [0.3, 0.4) is 0 Å². The molecule has 0 aliphatic heterocycles. The Morgan fingerprint density at radius 3 is 1.73 bits per heavy atom. The summed E-state index contributed by atoms with van der Waals surface area (Å²) in [4.78, 5) is 30.0. The molecule has 4 aromatic heterocycles. The first-order chi connectivity index (χ1) is 17.3. The van der Waals surface area contributed by atoms with E-state index in [1.165, 1.54) is 21.4 Å². The third-order valence-electron chi connectivity index (χ3n) is 6.34. The third kappa shape index (κ3) is 6.55. The van der Waals surface area contributed by atoms with Crippen LogP contribution in [0, 0.1) is 0 Å². The highest BCUT2D eigenvalue weighted by Gasteiger charge is 2.36. The van der Waals surface area contributed by atoms with Crippen molar-refractivity contribution in [3.05, 3.63) is 59.4 Å². The first-order valence-corrected chi connectivity index (χ1v) is 14.6. The van der Waals surface area contributed by atoms with Gasteiger partial charge < -0.3 is 19.7 Å². The lowest BCUT2D eigenvalue weighted by atomic mass is 10.2. The molecule has 13 heteroatoms. The van der Waals surface area contributed by atoms with Crippen molar-refractivity contribution in [1.29, 1.82) is 0 Å². The maximum Gasteiger partial charge on any atom is 0.341 e. The Kier molecular flexibility index (Phi) is 8.41. The highest BCUT2D eigenvalue weighted by Crippen LogP contribution is 2.36. The van der Waals surface area contributed by atoms with Gasteiger partial charge in [-0.2, -0.15) is 10.2 Å². The number of aliphatic hydroxyl groups excluding tert-OH is 1. The fourth-order valence-electron chi connectivity index (χ4n) is 3.16. The number of fused-ring (bicyclic) bond motifs is 2. The van der Waals surface area contributed by atoms with Crippen LogP contribution in [0.1, 0.15) is 52.6 Å². The summed E-state index contributed by atoms with van der Waals surface area (Å²) in [6.45, 7) is 11.7. The molecular formula is C24H32N6O6Si. The second-order valence-corrected chi connectivity index (χ2v) is 14.8. The molecule has 0 aliphatic rings. The van der Waals surface area contributed by atoms with Gasteiger partial charge in [-0.1, -0.05) is 20.8 Å². The Morgan fingerprint density at radius 1 is 0.865 bits per heavy atom. The van der Waals surface area contributed by atoms with E-state index in [0.29, 0.717) is 24.3 Å². The molecule has 0 spiro atoms. The van der Waals surface area contributed by atoms with Gasteiger partial charge in [0, 0.05) is 38.0 Å². The topological polar surface area (TPSA) is 164 Å². The minimum Gasteiger partial charge on any atom is -0.477 e. The van der Waals surface area contributed by atoms with Crippen LogP contribution in [0.2, 0.25) is 18.1 Å². The van der Waals surface area contributed by atoms with Crippen LogP contribution >= 0.6 is 0 Å². The third-order valence-corrected chi connectivity index (χ3v) is 10.9. The first kappa shape index (κ1) is 27.9. The molecule has 0 bridgehead atoms. The van der Waals surface area contributed by atoms with Gasteiger partial charge >= 0.3 is 11.9 Å². The summed E-state index contributed by atoms with van der Waals surface area (Å²) in [5, 5.41) is 34.7. The van der Waals surface area contributed by atoms with Crippen LogP contribution < -0.4 is 0 Å². The zero-order valence-electron chi connectivity index (χ0n) is 21.5. The molecule has 0 amide bonds. The van der Waals surface area contributed by atoms with E-state index in [2.05, 4.69) is 54.0 Å². The quantitative estimate of drug-likeness (QED) is 0.290. The Bertz CT molecular complexity index is 1410. The summed E-state index contributed by atoms with van der Waals surface area (Å²) in [7, 11) is -1.74. The number of carboxylic acid groups (broad SMARTS) is 2. The summed E-state index contributed by atoms with van der Waals surface area (Å²) in [5.74, 6) is -2.07. The minimum atomic E-state index is -1.74. The fraction of sp³-hybridized carbons (Fsp3) is 0.417. The number of nitrogens with zero attached hydrogens (tertiary/aromatic N) is 6. The van der Waals surface area contributed by atoms with Crippen LogP contribution in [0.25, 0.3) is 11.3 Å². The SMILES string of the molecule is CC(C)(C)[Si](C)(C)OCCc1cnc2c(C(=O)O)cnn2c1.O=C(O)c1cnn2cc(CCO)cnc12. The van der Waals surface area contributed by atoms with Gasteiger partial charge in [-0.05, 0) is 42.1 Å². The van der Waals surface area contributed by atoms with Crippen LogP contribution in [-0.4, -0.2) is 78.0 Å². The van der Waals surface area contributed by atoms with Gasteiger partial charge in [-0.25, -0.2) is 28.6 Å². The number of carboxylic acids is 2. The van der Waals surface area contributed by atoms with Crippen molar-refractivity contribution in [3.8, 4) is 0 Å². The van der Waals surface area contributed by atoms with Crippen molar-refractivity contribution in [1.82, 2.24) is 29.2 Å².